The van der Waals surface area contributed by atoms with Crippen LogP contribution in [0, 0.1) is 5.41 Å². The monoisotopic (exact) mass is 411 g/mol. The smallest absolute Gasteiger partial charge is 0.340 e. The summed E-state index contributed by atoms with van der Waals surface area (Å²) in [4.78, 5) is 36.8. The van der Waals surface area contributed by atoms with E-state index in [0.29, 0.717) is 23.6 Å². The fourth-order valence-electron chi connectivity index (χ4n) is 2.76. The van der Waals surface area contributed by atoms with E-state index in [1.165, 1.54) is 0 Å². The molecule has 158 valence electrons. The molecule has 0 saturated carbocycles. The van der Waals surface area contributed by atoms with Crippen molar-refractivity contribution in [3.05, 3.63) is 53.6 Å². The largest absolute Gasteiger partial charge is 0.454 e. The lowest BCUT2D eigenvalue weighted by molar-refractivity contribution is -0.129. The minimum Gasteiger partial charge on any atom is -0.454 e. The number of amides is 1. The highest BCUT2D eigenvalue weighted by molar-refractivity contribution is 6.02. The summed E-state index contributed by atoms with van der Waals surface area (Å²) < 4.78 is 15.8. The summed E-state index contributed by atoms with van der Waals surface area (Å²) in [5, 5.41) is 2.75. The molecular weight excluding hydrogens is 386 g/mol. The van der Waals surface area contributed by atoms with Crippen molar-refractivity contribution in [1.29, 1.82) is 0 Å². The Morgan fingerprint density at radius 2 is 1.77 bits per heavy atom. The highest BCUT2D eigenvalue weighted by Crippen LogP contribution is 2.32. The minimum atomic E-state index is -0.653. The second-order valence-electron chi connectivity index (χ2n) is 8.03. The van der Waals surface area contributed by atoms with E-state index in [2.05, 4.69) is 5.32 Å². The summed E-state index contributed by atoms with van der Waals surface area (Å²) in [5.41, 5.74) is 0.905. The zero-order valence-electron chi connectivity index (χ0n) is 17.3. The molecule has 0 atom stereocenters. The maximum absolute atomic E-state index is 12.4. The van der Waals surface area contributed by atoms with Gasteiger partial charge in [-0.1, -0.05) is 39.0 Å². The first-order chi connectivity index (χ1) is 14.2. The first-order valence-corrected chi connectivity index (χ1v) is 9.72. The van der Waals surface area contributed by atoms with Crippen molar-refractivity contribution in [2.75, 3.05) is 18.7 Å². The predicted octanol–water partition coefficient (Wildman–Crippen LogP) is 3.76. The van der Waals surface area contributed by atoms with Gasteiger partial charge in [0.2, 0.25) is 12.7 Å². The Labute approximate surface area is 175 Å². The highest BCUT2D eigenvalue weighted by Gasteiger charge is 2.23. The second kappa shape index (κ2) is 8.98. The highest BCUT2D eigenvalue weighted by atomic mass is 16.7. The molecular formula is C23H25NO6. The number of esters is 1. The van der Waals surface area contributed by atoms with Crippen molar-refractivity contribution in [2.24, 2.45) is 5.41 Å². The van der Waals surface area contributed by atoms with Crippen LogP contribution in [0.3, 0.4) is 0 Å². The van der Waals surface area contributed by atoms with E-state index in [1.807, 2.05) is 18.2 Å². The van der Waals surface area contributed by atoms with Crippen LogP contribution in [0.15, 0.2) is 42.5 Å². The number of nitrogens with one attached hydrogen (secondary N) is 1. The predicted molar refractivity (Wildman–Crippen MR) is 111 cm³/mol. The number of benzene rings is 2. The third kappa shape index (κ3) is 5.37. The first-order valence-electron chi connectivity index (χ1n) is 9.72. The van der Waals surface area contributed by atoms with Crippen LogP contribution in [0.4, 0.5) is 5.69 Å². The van der Waals surface area contributed by atoms with Gasteiger partial charge in [-0.15, -0.1) is 0 Å². The van der Waals surface area contributed by atoms with Crippen LogP contribution in [0.1, 0.15) is 43.1 Å². The molecule has 0 bridgehead atoms. The Kier molecular flexibility index (Phi) is 6.40. The molecule has 0 aliphatic carbocycles. The number of carbonyl (C=O) groups excluding carboxylic acids is 3. The van der Waals surface area contributed by atoms with Crippen LogP contribution in [-0.2, 0) is 20.7 Å². The van der Waals surface area contributed by atoms with Crippen molar-refractivity contribution in [1.82, 2.24) is 0 Å². The number of hydrogen-bond acceptors (Lipinski definition) is 6. The van der Waals surface area contributed by atoms with Gasteiger partial charge in [0.05, 0.1) is 11.3 Å². The van der Waals surface area contributed by atoms with E-state index < -0.39 is 11.4 Å². The van der Waals surface area contributed by atoms with Crippen molar-refractivity contribution < 1.29 is 28.6 Å². The molecule has 0 spiro atoms. The van der Waals surface area contributed by atoms with Gasteiger partial charge in [0.15, 0.2) is 23.9 Å². The Hall–Kier alpha value is -3.35. The number of rotatable bonds is 7. The van der Waals surface area contributed by atoms with Crippen molar-refractivity contribution in [3.63, 3.8) is 0 Å². The summed E-state index contributed by atoms with van der Waals surface area (Å²) in [6, 6.07) is 12.1. The topological polar surface area (TPSA) is 90.9 Å². The summed E-state index contributed by atoms with van der Waals surface area (Å²) in [6.45, 7) is 5.18. The number of fused-ring (bicyclic) bond motifs is 1. The third-order valence-corrected chi connectivity index (χ3v) is 4.67. The molecule has 2 aromatic rings. The fourth-order valence-corrected chi connectivity index (χ4v) is 2.76. The molecule has 1 aliphatic heterocycles. The van der Waals surface area contributed by atoms with Crippen LogP contribution >= 0.6 is 0 Å². The molecule has 0 saturated heterocycles. The average molecular weight is 411 g/mol. The molecule has 1 heterocycles. The van der Waals surface area contributed by atoms with Gasteiger partial charge < -0.3 is 19.5 Å². The molecule has 0 radical (unpaired) electrons. The molecule has 3 rings (SSSR count). The Balaban J connectivity index is 1.58. The van der Waals surface area contributed by atoms with Crippen molar-refractivity contribution in [2.45, 2.75) is 33.6 Å². The molecule has 1 amide bonds. The third-order valence-electron chi connectivity index (χ3n) is 4.67. The van der Waals surface area contributed by atoms with E-state index in [1.54, 1.807) is 45.0 Å². The van der Waals surface area contributed by atoms with E-state index in [-0.39, 0.29) is 37.1 Å². The van der Waals surface area contributed by atoms with Gasteiger partial charge in [-0.2, -0.15) is 0 Å². The van der Waals surface area contributed by atoms with E-state index in [4.69, 9.17) is 14.2 Å². The number of aryl methyl sites for hydroxylation is 1. The quantitative estimate of drug-likeness (QED) is 0.698. The molecule has 1 aliphatic rings. The number of Topliss-reactive ketones (excluding diaryl/α,β-unsaturated/α-hetero) is 1. The lowest BCUT2D eigenvalue weighted by Gasteiger charge is -2.16. The van der Waals surface area contributed by atoms with Crippen LogP contribution in [0.25, 0.3) is 0 Å². The molecule has 7 heteroatoms. The Bertz CT molecular complexity index is 960. The van der Waals surface area contributed by atoms with Gasteiger partial charge in [-0.05, 0) is 36.2 Å². The number of para-hydroxylation sites is 1. The zero-order chi connectivity index (χ0) is 21.7. The number of ketones is 1. The molecule has 7 nitrogen and oxygen atoms in total. The van der Waals surface area contributed by atoms with E-state index in [0.717, 1.165) is 5.56 Å². The van der Waals surface area contributed by atoms with Gasteiger partial charge in [-0.25, -0.2) is 4.79 Å². The van der Waals surface area contributed by atoms with Crippen molar-refractivity contribution in [3.8, 4) is 11.5 Å². The summed E-state index contributed by atoms with van der Waals surface area (Å²) >= 11 is 0. The molecule has 2 aromatic carbocycles. The molecule has 0 aromatic heterocycles. The van der Waals surface area contributed by atoms with Gasteiger partial charge in [0, 0.05) is 11.8 Å². The maximum Gasteiger partial charge on any atom is 0.340 e. The normalized spacial score (nSPS) is 12.4. The van der Waals surface area contributed by atoms with Crippen LogP contribution in [0.2, 0.25) is 0 Å². The van der Waals surface area contributed by atoms with Crippen LogP contribution in [0.5, 0.6) is 11.5 Å². The summed E-state index contributed by atoms with van der Waals surface area (Å²) in [5.74, 6) is 0.297. The maximum atomic E-state index is 12.4. The van der Waals surface area contributed by atoms with Crippen LogP contribution < -0.4 is 14.8 Å². The van der Waals surface area contributed by atoms with E-state index >= 15 is 0 Å². The van der Waals surface area contributed by atoms with Gasteiger partial charge in [0.25, 0.3) is 0 Å². The van der Waals surface area contributed by atoms with E-state index in [9.17, 15) is 14.4 Å². The first kappa shape index (κ1) is 21.4. The Morgan fingerprint density at radius 1 is 1.03 bits per heavy atom. The van der Waals surface area contributed by atoms with Crippen molar-refractivity contribution >= 4 is 23.3 Å². The summed E-state index contributed by atoms with van der Waals surface area (Å²) in [6.07, 6.45) is 0.737. The van der Waals surface area contributed by atoms with Gasteiger partial charge in [-0.3, -0.25) is 9.59 Å². The number of ether oxygens (including phenoxy) is 3. The fraction of sp³-hybridized carbons (Fsp3) is 0.348. The Morgan fingerprint density at radius 3 is 2.53 bits per heavy atom. The lowest BCUT2D eigenvalue weighted by Crippen LogP contribution is -2.26. The number of anilines is 1. The SMILES string of the molecule is CC(C)(C)C(=O)COC(=O)c1ccccc1NC(=O)CCc1ccc2c(c1)OCO2. The number of hydrogen-bond donors (Lipinski definition) is 1. The molecule has 1 N–H and O–H groups in total. The molecule has 0 fully saturated rings. The molecule has 0 unspecified atom stereocenters. The zero-order valence-corrected chi connectivity index (χ0v) is 17.3. The average Bonchev–Trinajstić information content (AvgIpc) is 3.17. The lowest BCUT2D eigenvalue weighted by atomic mass is 9.91. The van der Waals surface area contributed by atoms with Gasteiger partial charge >= 0.3 is 5.97 Å². The number of carbonyl (C=O) groups is 3. The van der Waals surface area contributed by atoms with Crippen LogP contribution in [-0.4, -0.2) is 31.1 Å². The second-order valence-corrected chi connectivity index (χ2v) is 8.03. The minimum absolute atomic E-state index is 0.180. The summed E-state index contributed by atoms with van der Waals surface area (Å²) in [7, 11) is 0. The molecule has 30 heavy (non-hydrogen) atoms. The van der Waals surface area contributed by atoms with Gasteiger partial charge in [0.1, 0.15) is 0 Å². The standard InChI is InChI=1S/C23H25NO6/c1-23(2,3)20(25)13-28-22(27)16-6-4-5-7-17(16)24-21(26)11-9-15-8-10-18-19(12-15)30-14-29-18/h4-8,10,12H,9,11,13-14H2,1-3H3,(H,24,26).